The number of ether oxygens (including phenoxy) is 2. The van der Waals surface area contributed by atoms with Crippen molar-refractivity contribution < 1.29 is 23.6 Å². The Morgan fingerprint density at radius 2 is 1.60 bits per heavy atom. The molecule has 11 heteroatoms. The summed E-state index contributed by atoms with van der Waals surface area (Å²) in [7, 11) is -2.71. The Kier molecular flexibility index (Phi) is 8.87. The molecule has 1 unspecified atom stereocenters. The number of esters is 2. The van der Waals surface area contributed by atoms with Crippen molar-refractivity contribution >= 4 is 31.3 Å². The first-order chi connectivity index (χ1) is 13.6. The van der Waals surface area contributed by atoms with Gasteiger partial charge in [-0.15, -0.1) is 0 Å². The van der Waals surface area contributed by atoms with Crippen LogP contribution in [0.4, 0.5) is 0 Å². The van der Waals surface area contributed by atoms with E-state index in [1.54, 1.807) is 41.5 Å². The summed E-state index contributed by atoms with van der Waals surface area (Å²) < 4.78 is 24.3. The van der Waals surface area contributed by atoms with E-state index in [-0.39, 0.29) is 17.7 Å². The molecule has 0 amide bonds. The Hall–Kier alpha value is -2.12. The summed E-state index contributed by atoms with van der Waals surface area (Å²) in [6, 6.07) is -1.50. The molecule has 1 atom stereocenters. The van der Waals surface area contributed by atoms with E-state index in [9.17, 15) is 23.7 Å². The number of nitrogens with one attached hydrogen (secondary N) is 1. The fourth-order valence-electron chi connectivity index (χ4n) is 1.81. The number of carbonyl (C=O) groups is 2. The van der Waals surface area contributed by atoms with Crippen molar-refractivity contribution in [2.24, 2.45) is 10.8 Å². The molecule has 0 aliphatic carbocycles. The fourth-order valence-corrected chi connectivity index (χ4v) is 3.04. The predicted molar refractivity (Wildman–Crippen MR) is 114 cm³/mol. The lowest BCUT2D eigenvalue weighted by atomic mass is 9.97. The van der Waals surface area contributed by atoms with Gasteiger partial charge in [-0.05, 0) is 41.5 Å². The van der Waals surface area contributed by atoms with Crippen LogP contribution < -0.4 is 11.2 Å². The number of nitrogens with zero attached hydrogens (tertiary/aromatic N) is 1. The van der Waals surface area contributed by atoms with Crippen LogP contribution in [0.15, 0.2) is 27.9 Å². The van der Waals surface area contributed by atoms with Gasteiger partial charge in [0.2, 0.25) is 0 Å². The van der Waals surface area contributed by atoms with Gasteiger partial charge in [0, 0.05) is 18.9 Å². The molecule has 1 aromatic rings. The lowest BCUT2D eigenvalue weighted by Gasteiger charge is -2.25. The van der Waals surface area contributed by atoms with Gasteiger partial charge in [0.1, 0.15) is 5.02 Å². The fraction of sp³-hybridized carbons (Fsp3) is 0.579. The average Bonchev–Trinajstić information content (AvgIpc) is 2.60. The number of H-pyrrole nitrogens is 1. The lowest BCUT2D eigenvalue weighted by Crippen LogP contribution is -2.33. The minimum absolute atomic E-state index is 0.0317. The monoisotopic (exact) mass is 462 g/mol. The van der Waals surface area contributed by atoms with E-state index < -0.39 is 47.8 Å². The third-order valence-corrected chi connectivity index (χ3v) is 5.34. The Labute approximate surface area is 180 Å². The molecule has 0 saturated carbocycles. The molecule has 0 aliphatic heterocycles. The summed E-state index contributed by atoms with van der Waals surface area (Å²) in [6.07, 6.45) is 4.20. The minimum Gasteiger partial charge on any atom is -0.418 e. The molecule has 1 heterocycles. The Balaban J connectivity index is 2.88. The predicted octanol–water partition coefficient (Wildman–Crippen LogP) is 2.77. The zero-order chi connectivity index (χ0) is 23.3. The molecule has 0 saturated heterocycles. The van der Waals surface area contributed by atoms with Crippen LogP contribution >= 0.6 is 19.4 Å². The largest absolute Gasteiger partial charge is 0.418 e. The molecule has 9 nitrogen and oxygen atoms in total. The van der Waals surface area contributed by atoms with Crippen molar-refractivity contribution in [1.29, 1.82) is 0 Å². The number of carbonyl (C=O) groups excluding carboxylic acids is 2. The molecular weight excluding hydrogens is 435 g/mol. The van der Waals surface area contributed by atoms with Crippen molar-refractivity contribution in [2.75, 3.05) is 6.16 Å². The molecule has 0 radical (unpaired) electrons. The minimum atomic E-state index is -2.71. The van der Waals surface area contributed by atoms with Crippen LogP contribution in [0.2, 0.25) is 5.02 Å². The van der Waals surface area contributed by atoms with Crippen LogP contribution in [0.5, 0.6) is 0 Å². The first-order valence-corrected chi connectivity index (χ1v) is 11.3. The molecule has 1 N–H and O–H groups in total. The summed E-state index contributed by atoms with van der Waals surface area (Å²) >= 11 is 5.69. The maximum absolute atomic E-state index is 12.7. The second kappa shape index (κ2) is 10.3. The Morgan fingerprint density at radius 3 is 2.07 bits per heavy atom. The molecule has 30 heavy (non-hydrogen) atoms. The number of hydrogen-bond acceptors (Lipinski definition) is 7. The molecule has 0 aromatic carbocycles. The van der Waals surface area contributed by atoms with Crippen molar-refractivity contribution in [2.45, 2.75) is 54.1 Å². The summed E-state index contributed by atoms with van der Waals surface area (Å²) in [4.78, 5) is 49.4. The molecular formula is C19H28ClN2O7P. The van der Waals surface area contributed by atoms with Gasteiger partial charge in [0.15, 0.2) is 7.80 Å². The summed E-state index contributed by atoms with van der Waals surface area (Å²) in [5, 5.41) is -0.139. The van der Waals surface area contributed by atoms with Gasteiger partial charge in [-0.3, -0.25) is 23.9 Å². The number of allylic oxidation sites excluding steroid dienone is 2. The van der Waals surface area contributed by atoms with E-state index >= 15 is 0 Å². The summed E-state index contributed by atoms with van der Waals surface area (Å²) in [5.41, 5.74) is -3.06. The zero-order valence-electron chi connectivity index (χ0n) is 17.9. The van der Waals surface area contributed by atoms with Gasteiger partial charge in [-0.2, -0.15) is 0 Å². The second-order valence-electron chi connectivity index (χ2n) is 8.67. The second-order valence-corrected chi connectivity index (χ2v) is 10.9. The first kappa shape index (κ1) is 25.9. The maximum atomic E-state index is 12.7. The summed E-state index contributed by atoms with van der Waals surface area (Å²) in [5.74, 6) is -1.29. The summed E-state index contributed by atoms with van der Waals surface area (Å²) in [6.45, 7) is 9.83. The van der Waals surface area contributed by atoms with E-state index in [1.165, 1.54) is 18.3 Å². The van der Waals surface area contributed by atoms with Crippen molar-refractivity contribution in [1.82, 2.24) is 9.55 Å². The highest BCUT2D eigenvalue weighted by molar-refractivity contribution is 7.45. The van der Waals surface area contributed by atoms with Crippen molar-refractivity contribution in [3.8, 4) is 0 Å². The van der Waals surface area contributed by atoms with E-state index in [0.29, 0.717) is 0 Å². The van der Waals surface area contributed by atoms with Gasteiger partial charge < -0.3 is 14.0 Å². The van der Waals surface area contributed by atoms with Gasteiger partial charge in [0.25, 0.3) is 11.6 Å². The van der Waals surface area contributed by atoms with Crippen LogP contribution in [0, 0.1) is 10.8 Å². The molecule has 1 aromatic heterocycles. The highest BCUT2D eigenvalue weighted by Crippen LogP contribution is 2.34. The normalized spacial score (nSPS) is 13.5. The van der Waals surface area contributed by atoms with Crippen LogP contribution in [-0.2, 0) is 30.2 Å². The van der Waals surface area contributed by atoms with Gasteiger partial charge in [-0.25, -0.2) is 4.79 Å². The topological polar surface area (TPSA) is 125 Å². The number of rotatable bonds is 7. The van der Waals surface area contributed by atoms with Gasteiger partial charge in [-0.1, -0.05) is 23.8 Å². The zero-order valence-corrected chi connectivity index (χ0v) is 19.7. The van der Waals surface area contributed by atoms with E-state index in [1.807, 2.05) is 0 Å². The van der Waals surface area contributed by atoms with Crippen LogP contribution in [-0.4, -0.2) is 33.7 Å². The van der Waals surface area contributed by atoms with Crippen molar-refractivity contribution in [3.63, 3.8) is 0 Å². The van der Waals surface area contributed by atoms with E-state index in [4.69, 9.17) is 21.1 Å². The standard InChI is InChI=1S/C19H28ClN2O7P/c1-18(2,3)14(24)28-17(29-15(25)19(4,5)6)30(27)10-8-7-9-22-11-12(20)13(23)21-16(22)26/h7-8,11,17,30H,9-10H2,1-6H3,(H,21,23,26)/b8-7-. The third-order valence-electron chi connectivity index (χ3n) is 3.67. The Bertz CT molecular complexity index is 923. The molecule has 0 spiro atoms. The number of aromatic amines is 1. The molecule has 0 bridgehead atoms. The maximum Gasteiger partial charge on any atom is 0.328 e. The highest BCUT2D eigenvalue weighted by atomic mass is 35.5. The molecule has 1 rings (SSSR count). The molecule has 0 aliphatic rings. The van der Waals surface area contributed by atoms with Crippen LogP contribution in [0.1, 0.15) is 41.5 Å². The highest BCUT2D eigenvalue weighted by Gasteiger charge is 2.34. The number of hydrogen-bond donors (Lipinski definition) is 1. The van der Waals surface area contributed by atoms with Gasteiger partial charge >= 0.3 is 17.6 Å². The van der Waals surface area contributed by atoms with E-state index in [0.717, 1.165) is 4.57 Å². The molecule has 168 valence electrons. The van der Waals surface area contributed by atoms with Gasteiger partial charge in [0.05, 0.1) is 10.8 Å². The Morgan fingerprint density at radius 1 is 1.10 bits per heavy atom. The van der Waals surface area contributed by atoms with Crippen LogP contribution in [0.25, 0.3) is 0 Å². The average molecular weight is 463 g/mol. The van der Waals surface area contributed by atoms with Crippen molar-refractivity contribution in [3.05, 3.63) is 44.2 Å². The third kappa shape index (κ3) is 7.95. The number of aromatic nitrogens is 2. The van der Waals surface area contributed by atoms with Crippen LogP contribution in [0.3, 0.4) is 0 Å². The van der Waals surface area contributed by atoms with E-state index in [2.05, 4.69) is 4.98 Å². The quantitative estimate of drug-likeness (QED) is 0.286. The lowest BCUT2D eigenvalue weighted by molar-refractivity contribution is -0.184. The smallest absolute Gasteiger partial charge is 0.328 e. The number of halogens is 1. The SMILES string of the molecule is CC(C)(C)C(=O)OC(OC(=O)C(C)(C)C)[PH](=O)C/C=C\Cn1cc(Cl)c(=O)[nH]c1=O. The first-order valence-electron chi connectivity index (χ1n) is 9.22. The molecule has 0 fully saturated rings.